The highest BCUT2D eigenvalue weighted by Crippen LogP contribution is 2.59. The maximum atomic E-state index is 6.14. The van der Waals surface area contributed by atoms with Crippen molar-refractivity contribution in [3.63, 3.8) is 0 Å². The Labute approximate surface area is 624 Å². The maximum absolute atomic E-state index is 6.14. The molecule has 1 N–H and O–H groups in total. The minimum atomic E-state index is -0.297. The van der Waals surface area contributed by atoms with Crippen LogP contribution in [0.1, 0.15) is 64.8 Å². The van der Waals surface area contributed by atoms with Crippen molar-refractivity contribution in [3.8, 4) is 67.8 Å². The fourth-order valence-electron chi connectivity index (χ4n) is 15.4. The number of nitrogens with one attached hydrogen (secondary N) is 1. The SMILES string of the molecule is C.C.CC1(C)c2ccccc2N(c2nc(-c3ccccc3)nc(-c3cccc(-c4ccccc4)c3)n2)c2c1c1ccccc1c1c2sc2ccccc21.CC1(C)c2ccccc2Nc2c1c1ccccc1c1c2sc2ccccc21.Clc1nc(-c2ccccc2)nc(-c2cccc(-c3ccccc3)c2)n1. The summed E-state index contributed by atoms with van der Waals surface area (Å²) in [5, 5.41) is 14.5. The number of hydrogen-bond donors (Lipinski definition) is 1. The first-order valence-electron chi connectivity index (χ1n) is 34.6. The van der Waals surface area contributed by atoms with Gasteiger partial charge in [-0.2, -0.15) is 19.9 Å². The van der Waals surface area contributed by atoms with E-state index < -0.39 is 0 Å². The third kappa shape index (κ3) is 11.9. The minimum absolute atomic E-state index is 0. The molecule has 11 heteroatoms. The van der Waals surface area contributed by atoms with Crippen molar-refractivity contribution >= 4 is 125 Å². The molecule has 6 heterocycles. The first-order valence-corrected chi connectivity index (χ1v) is 36.6. The molecule has 18 aromatic rings. The molecule has 0 spiro atoms. The van der Waals surface area contributed by atoms with Crippen molar-refractivity contribution in [1.82, 2.24) is 29.9 Å². The Balaban J connectivity index is 0.000000132. The molecule has 8 nitrogen and oxygen atoms in total. The fourth-order valence-corrected chi connectivity index (χ4v) is 18.1. The predicted octanol–water partition coefficient (Wildman–Crippen LogP) is 26.9. The second kappa shape index (κ2) is 27.6. The van der Waals surface area contributed by atoms with E-state index in [4.69, 9.17) is 26.6 Å². The molecule has 0 unspecified atom stereocenters. The van der Waals surface area contributed by atoms with Gasteiger partial charge in [0.2, 0.25) is 11.2 Å². The van der Waals surface area contributed by atoms with Gasteiger partial charge < -0.3 is 5.32 Å². The second-order valence-electron chi connectivity index (χ2n) is 27.1. The molecule has 0 saturated carbocycles. The fraction of sp³-hybridized carbons (Fsp3) is 0.0851. The zero-order chi connectivity index (χ0) is 69.3. The number of para-hydroxylation sites is 2. The molecule has 508 valence electrons. The van der Waals surface area contributed by atoms with Gasteiger partial charge in [-0.1, -0.05) is 322 Å². The van der Waals surface area contributed by atoms with E-state index in [1.165, 1.54) is 95.5 Å². The number of benzene rings is 14. The molecule has 2 aliphatic heterocycles. The lowest BCUT2D eigenvalue weighted by Gasteiger charge is -2.42. The van der Waals surface area contributed by atoms with Gasteiger partial charge in [-0.3, -0.25) is 4.90 Å². The highest BCUT2D eigenvalue weighted by molar-refractivity contribution is 7.27. The van der Waals surface area contributed by atoms with Crippen molar-refractivity contribution in [1.29, 1.82) is 0 Å². The zero-order valence-corrected chi connectivity index (χ0v) is 59.2. The highest BCUT2D eigenvalue weighted by Gasteiger charge is 2.42. The summed E-state index contributed by atoms with van der Waals surface area (Å²) in [6.07, 6.45) is 0. The van der Waals surface area contributed by atoms with Crippen LogP contribution in [0, 0.1) is 0 Å². The van der Waals surface area contributed by atoms with Crippen molar-refractivity contribution in [2.75, 3.05) is 10.2 Å². The van der Waals surface area contributed by atoms with Crippen LogP contribution in [0.15, 0.2) is 315 Å². The summed E-state index contributed by atoms with van der Waals surface area (Å²) >= 11 is 9.90. The largest absolute Gasteiger partial charge is 0.354 e. The number of anilines is 5. The molecule has 14 aromatic carbocycles. The topological polar surface area (TPSA) is 92.6 Å². The standard InChI is InChI=1S/C46H32N4S.C25H19NS.C21H14ClN3.2CH4/c1-46(2)36-25-12-13-26-37(36)50(41-40(46)34-23-10-9-22-33(34)39-35-24-11-14-27-38(35)51-42(39)41)45-48-43(30-18-7-4-8-19-30)47-44(49-45)32-21-15-20-31(28-32)29-16-5-3-6-17-29;1-25(2)18-12-6-7-13-19(18)26-23-22(25)16-10-4-3-9-15(16)21-17-11-5-8-14-20(17)27-24(21)23;22-21-24-19(16-10-5-2-6-11-16)23-20(25-21)18-13-7-12-17(14-18)15-8-3-1-4-9-15;;/h3-28H,1-2H3;3-14,26H,1-2H3;1-14H;2*1H4. The minimum Gasteiger partial charge on any atom is -0.354 e. The number of fused-ring (bicyclic) bond motifs is 18. The Morgan fingerprint density at radius 2 is 0.695 bits per heavy atom. The van der Waals surface area contributed by atoms with Crippen LogP contribution in [-0.4, -0.2) is 29.9 Å². The molecule has 20 rings (SSSR count). The van der Waals surface area contributed by atoms with Gasteiger partial charge in [0, 0.05) is 69.7 Å². The summed E-state index contributed by atoms with van der Waals surface area (Å²) in [7, 11) is 0. The maximum Gasteiger partial charge on any atom is 0.238 e. The molecule has 0 saturated heterocycles. The number of aromatic nitrogens is 6. The third-order valence-corrected chi connectivity index (χ3v) is 22.7. The van der Waals surface area contributed by atoms with E-state index >= 15 is 0 Å². The summed E-state index contributed by atoms with van der Waals surface area (Å²) in [6, 6.07) is 110. The number of halogens is 1. The lowest BCUT2D eigenvalue weighted by atomic mass is 9.71. The van der Waals surface area contributed by atoms with Crippen molar-refractivity contribution in [2.24, 2.45) is 0 Å². The molecule has 0 atom stereocenters. The average molecular weight is 1410 g/mol. The smallest absolute Gasteiger partial charge is 0.238 e. The van der Waals surface area contributed by atoms with Crippen LogP contribution in [0.25, 0.3) is 130 Å². The number of nitrogens with zero attached hydrogens (tertiary/aromatic N) is 7. The summed E-state index contributed by atoms with van der Waals surface area (Å²) in [6.45, 7) is 9.43. The monoisotopic (exact) mass is 1410 g/mol. The molecule has 0 amide bonds. The van der Waals surface area contributed by atoms with Crippen LogP contribution in [0.3, 0.4) is 0 Å². The van der Waals surface area contributed by atoms with Crippen molar-refractivity contribution in [3.05, 3.63) is 343 Å². The molecule has 0 aliphatic carbocycles. The summed E-state index contributed by atoms with van der Waals surface area (Å²) in [5.74, 6) is 3.01. The molecule has 0 bridgehead atoms. The summed E-state index contributed by atoms with van der Waals surface area (Å²) in [4.78, 5) is 31.3. The molecule has 4 aromatic heterocycles. The highest BCUT2D eigenvalue weighted by atomic mass is 35.5. The van der Waals surface area contributed by atoms with Gasteiger partial charge in [-0.25, -0.2) is 9.97 Å². The van der Waals surface area contributed by atoms with Crippen LogP contribution >= 0.6 is 34.3 Å². The Kier molecular flexibility index (Phi) is 17.7. The van der Waals surface area contributed by atoms with Gasteiger partial charge in [0.25, 0.3) is 0 Å². The molecule has 0 fully saturated rings. The quantitative estimate of drug-likeness (QED) is 0.169. The molecular weight excluding hydrogens is 1340 g/mol. The van der Waals surface area contributed by atoms with E-state index in [1.807, 2.05) is 108 Å². The number of hydrogen-bond acceptors (Lipinski definition) is 10. The van der Waals surface area contributed by atoms with Crippen molar-refractivity contribution in [2.45, 2.75) is 53.4 Å². The van der Waals surface area contributed by atoms with Gasteiger partial charge in [-0.05, 0) is 114 Å². The molecule has 0 radical (unpaired) electrons. The lowest BCUT2D eigenvalue weighted by Crippen LogP contribution is -2.32. The second-order valence-corrected chi connectivity index (χ2v) is 29.5. The van der Waals surface area contributed by atoms with E-state index in [0.717, 1.165) is 55.9 Å². The summed E-state index contributed by atoms with van der Waals surface area (Å²) in [5.41, 5.74) is 17.9. The molecular formula is C94H73ClN8S2. The van der Waals surface area contributed by atoms with Gasteiger partial charge in [-0.15, -0.1) is 22.7 Å². The van der Waals surface area contributed by atoms with Gasteiger partial charge in [0.15, 0.2) is 23.3 Å². The van der Waals surface area contributed by atoms with Gasteiger partial charge in [0.05, 0.1) is 26.5 Å². The van der Waals surface area contributed by atoms with E-state index in [0.29, 0.717) is 29.2 Å². The Hall–Kier alpha value is -12.1. The van der Waals surface area contributed by atoms with Crippen LogP contribution in [-0.2, 0) is 10.8 Å². The van der Waals surface area contributed by atoms with Crippen LogP contribution < -0.4 is 10.2 Å². The Morgan fingerprint density at radius 1 is 0.324 bits per heavy atom. The van der Waals surface area contributed by atoms with Crippen LogP contribution in [0.5, 0.6) is 0 Å². The number of thiophene rings is 2. The molecule has 2 aliphatic rings. The number of rotatable bonds is 7. The summed E-state index contributed by atoms with van der Waals surface area (Å²) < 4.78 is 5.22. The first kappa shape index (κ1) is 67.4. The van der Waals surface area contributed by atoms with Gasteiger partial charge >= 0.3 is 0 Å². The van der Waals surface area contributed by atoms with E-state index in [2.05, 4.69) is 283 Å². The first-order chi connectivity index (χ1) is 50.5. The molecule has 105 heavy (non-hydrogen) atoms. The lowest BCUT2D eigenvalue weighted by molar-refractivity contribution is 0.638. The average Bonchev–Trinajstić information content (AvgIpc) is 1.68. The predicted molar refractivity (Wildman–Crippen MR) is 447 cm³/mol. The Bertz CT molecular complexity index is 6320. The zero-order valence-electron chi connectivity index (χ0n) is 56.8. The van der Waals surface area contributed by atoms with E-state index in [9.17, 15) is 0 Å². The van der Waals surface area contributed by atoms with E-state index in [1.54, 1.807) is 0 Å². The normalized spacial score (nSPS) is 12.9. The third-order valence-electron chi connectivity index (χ3n) is 20.2. The van der Waals surface area contributed by atoms with Crippen molar-refractivity contribution < 1.29 is 0 Å². The Morgan fingerprint density at radius 3 is 1.24 bits per heavy atom. The van der Waals surface area contributed by atoms with Gasteiger partial charge in [0.1, 0.15) is 0 Å². The van der Waals surface area contributed by atoms with Crippen LogP contribution in [0.4, 0.5) is 28.7 Å². The van der Waals surface area contributed by atoms with E-state index in [-0.39, 0.29) is 31.0 Å². The van der Waals surface area contributed by atoms with Crippen LogP contribution in [0.2, 0.25) is 5.28 Å².